The fraction of sp³-hybridized carbons (Fsp3) is 0.286. The minimum atomic E-state index is -0.113. The van der Waals surface area contributed by atoms with E-state index in [-0.39, 0.29) is 5.56 Å². The first-order valence-electron chi connectivity index (χ1n) is 6.30. The van der Waals surface area contributed by atoms with Crippen LogP contribution in [0.4, 0.5) is 0 Å². The summed E-state index contributed by atoms with van der Waals surface area (Å²) < 4.78 is 0.967. The van der Waals surface area contributed by atoms with Gasteiger partial charge in [-0.05, 0) is 25.0 Å². The number of hydrogen-bond acceptors (Lipinski definition) is 3. The van der Waals surface area contributed by atoms with Gasteiger partial charge in [-0.2, -0.15) is 0 Å². The highest BCUT2D eigenvalue weighted by molar-refractivity contribution is 9.10. The van der Waals surface area contributed by atoms with Gasteiger partial charge in [0.05, 0.1) is 5.69 Å². The van der Waals surface area contributed by atoms with E-state index in [1.54, 1.807) is 6.07 Å². The van der Waals surface area contributed by atoms with Gasteiger partial charge in [0.25, 0.3) is 5.56 Å². The van der Waals surface area contributed by atoms with E-state index in [4.69, 9.17) is 0 Å². The summed E-state index contributed by atoms with van der Waals surface area (Å²) >= 11 is 3.42. The van der Waals surface area contributed by atoms with Crippen molar-refractivity contribution in [2.75, 3.05) is 0 Å². The van der Waals surface area contributed by atoms with Crippen LogP contribution in [0.15, 0.2) is 39.6 Å². The van der Waals surface area contributed by atoms with Gasteiger partial charge in [-0.15, -0.1) is 0 Å². The number of rotatable bonds is 4. The molecule has 0 aliphatic heterocycles. The van der Waals surface area contributed by atoms with Crippen molar-refractivity contribution in [2.45, 2.75) is 25.4 Å². The molecule has 0 atom stereocenters. The topological polar surface area (TPSA) is 57.8 Å². The normalized spacial score (nSPS) is 14.6. The molecule has 2 aromatic rings. The van der Waals surface area contributed by atoms with Crippen LogP contribution in [0, 0.1) is 0 Å². The molecule has 0 unspecified atom stereocenters. The zero-order valence-electron chi connectivity index (χ0n) is 10.3. The highest BCUT2D eigenvalue weighted by Gasteiger charge is 2.20. The van der Waals surface area contributed by atoms with Crippen molar-refractivity contribution < 1.29 is 0 Å². The molecule has 0 spiro atoms. The Morgan fingerprint density at radius 2 is 2.21 bits per heavy atom. The molecular weight excluding hydrogens is 306 g/mol. The molecule has 1 aliphatic carbocycles. The van der Waals surface area contributed by atoms with Gasteiger partial charge in [-0.25, -0.2) is 4.98 Å². The van der Waals surface area contributed by atoms with Crippen molar-refractivity contribution in [1.29, 1.82) is 0 Å². The molecular formula is C14H14BrN3O. The van der Waals surface area contributed by atoms with Crippen molar-refractivity contribution in [3.63, 3.8) is 0 Å². The zero-order chi connectivity index (χ0) is 13.2. The predicted octanol–water partition coefficient (Wildman–Crippen LogP) is 2.45. The quantitative estimate of drug-likeness (QED) is 0.910. The van der Waals surface area contributed by atoms with Crippen LogP contribution in [-0.4, -0.2) is 16.0 Å². The van der Waals surface area contributed by atoms with Gasteiger partial charge >= 0.3 is 0 Å². The largest absolute Gasteiger partial charge is 0.308 e. The molecule has 5 heteroatoms. The lowest BCUT2D eigenvalue weighted by molar-refractivity contribution is 0.672. The number of benzene rings is 1. The maximum absolute atomic E-state index is 11.7. The standard InChI is InChI=1S/C14H14BrN3O/c15-10-3-1-2-9(6-10)14-17-12(7-13(19)18-14)8-16-11-4-5-11/h1-3,6-7,11,16H,4-5,8H2,(H,17,18,19). The fourth-order valence-electron chi connectivity index (χ4n) is 1.91. The van der Waals surface area contributed by atoms with Crippen molar-refractivity contribution in [1.82, 2.24) is 15.3 Å². The van der Waals surface area contributed by atoms with Gasteiger partial charge in [0, 0.05) is 28.7 Å². The molecule has 0 amide bonds. The highest BCUT2D eigenvalue weighted by Crippen LogP contribution is 2.20. The number of aromatic nitrogens is 2. The minimum Gasteiger partial charge on any atom is -0.308 e. The maximum Gasteiger partial charge on any atom is 0.251 e. The first kappa shape index (κ1) is 12.6. The van der Waals surface area contributed by atoms with Gasteiger partial charge in [0.2, 0.25) is 0 Å². The molecule has 1 aliphatic rings. The Kier molecular flexibility index (Phi) is 3.48. The number of hydrogen-bond donors (Lipinski definition) is 2. The van der Waals surface area contributed by atoms with E-state index in [1.807, 2.05) is 24.3 Å². The van der Waals surface area contributed by atoms with Crippen LogP contribution < -0.4 is 10.9 Å². The summed E-state index contributed by atoms with van der Waals surface area (Å²) in [4.78, 5) is 19.0. The van der Waals surface area contributed by atoms with E-state index in [0.29, 0.717) is 18.4 Å². The van der Waals surface area contributed by atoms with Crippen molar-refractivity contribution in [3.05, 3.63) is 50.9 Å². The van der Waals surface area contributed by atoms with E-state index in [0.717, 1.165) is 15.7 Å². The van der Waals surface area contributed by atoms with E-state index in [9.17, 15) is 4.79 Å². The lowest BCUT2D eigenvalue weighted by Gasteiger charge is -2.05. The first-order chi connectivity index (χ1) is 9.20. The third-order valence-corrected chi connectivity index (χ3v) is 3.54. The van der Waals surface area contributed by atoms with Crippen LogP contribution in [0.1, 0.15) is 18.5 Å². The Labute approximate surface area is 119 Å². The monoisotopic (exact) mass is 319 g/mol. The van der Waals surface area contributed by atoms with Crippen LogP contribution in [0.5, 0.6) is 0 Å². The van der Waals surface area contributed by atoms with Crippen molar-refractivity contribution in [2.24, 2.45) is 0 Å². The summed E-state index contributed by atoms with van der Waals surface area (Å²) in [6.07, 6.45) is 2.45. The summed E-state index contributed by atoms with van der Waals surface area (Å²) in [5.41, 5.74) is 1.57. The van der Waals surface area contributed by atoms with Gasteiger partial charge in [-0.1, -0.05) is 28.1 Å². The van der Waals surface area contributed by atoms with Crippen molar-refractivity contribution in [3.8, 4) is 11.4 Å². The Balaban J connectivity index is 1.89. The van der Waals surface area contributed by atoms with Gasteiger partial charge in [-0.3, -0.25) is 4.79 Å². The van der Waals surface area contributed by atoms with Crippen LogP contribution in [0.25, 0.3) is 11.4 Å². The molecule has 1 aromatic heterocycles. The molecule has 1 fully saturated rings. The second-order valence-corrected chi connectivity index (χ2v) is 5.67. The lowest BCUT2D eigenvalue weighted by atomic mass is 10.2. The molecule has 0 bridgehead atoms. The highest BCUT2D eigenvalue weighted by atomic mass is 79.9. The number of nitrogens with zero attached hydrogens (tertiary/aromatic N) is 1. The van der Waals surface area contributed by atoms with Gasteiger partial charge in [0.15, 0.2) is 0 Å². The van der Waals surface area contributed by atoms with Crippen LogP contribution in [0.3, 0.4) is 0 Å². The SMILES string of the molecule is O=c1cc(CNC2CC2)nc(-c2cccc(Br)c2)[nH]1. The minimum absolute atomic E-state index is 0.113. The summed E-state index contributed by atoms with van der Waals surface area (Å²) in [5, 5.41) is 3.37. The summed E-state index contributed by atoms with van der Waals surface area (Å²) in [6.45, 7) is 0.648. The molecule has 3 rings (SSSR count). The average Bonchev–Trinajstić information content (AvgIpc) is 3.20. The molecule has 0 saturated heterocycles. The number of nitrogens with one attached hydrogen (secondary N) is 2. The Hall–Kier alpha value is -1.46. The van der Waals surface area contributed by atoms with Crippen LogP contribution in [0.2, 0.25) is 0 Å². The van der Waals surface area contributed by atoms with E-state index in [2.05, 4.69) is 31.2 Å². The number of H-pyrrole nitrogens is 1. The molecule has 1 heterocycles. The van der Waals surface area contributed by atoms with E-state index >= 15 is 0 Å². The molecule has 98 valence electrons. The second kappa shape index (κ2) is 5.27. The predicted molar refractivity (Wildman–Crippen MR) is 77.9 cm³/mol. The lowest BCUT2D eigenvalue weighted by Crippen LogP contribution is -2.19. The van der Waals surface area contributed by atoms with Crippen LogP contribution in [-0.2, 0) is 6.54 Å². The summed E-state index contributed by atoms with van der Waals surface area (Å²) in [6, 6.07) is 9.90. The van der Waals surface area contributed by atoms with Crippen LogP contribution >= 0.6 is 15.9 Å². The Bertz CT molecular complexity index is 649. The molecule has 19 heavy (non-hydrogen) atoms. The molecule has 2 N–H and O–H groups in total. The third-order valence-electron chi connectivity index (χ3n) is 3.04. The molecule has 4 nitrogen and oxygen atoms in total. The van der Waals surface area contributed by atoms with E-state index in [1.165, 1.54) is 12.8 Å². The molecule has 0 radical (unpaired) electrons. The zero-order valence-corrected chi connectivity index (χ0v) is 11.9. The molecule has 1 saturated carbocycles. The second-order valence-electron chi connectivity index (χ2n) is 4.75. The smallest absolute Gasteiger partial charge is 0.251 e. The number of halogens is 1. The van der Waals surface area contributed by atoms with Gasteiger partial charge < -0.3 is 10.3 Å². The molecule has 1 aromatic carbocycles. The van der Waals surface area contributed by atoms with Gasteiger partial charge in [0.1, 0.15) is 5.82 Å². The number of aromatic amines is 1. The third kappa shape index (κ3) is 3.30. The first-order valence-corrected chi connectivity index (χ1v) is 7.09. The van der Waals surface area contributed by atoms with Crippen molar-refractivity contribution >= 4 is 15.9 Å². The maximum atomic E-state index is 11.7. The summed E-state index contributed by atoms with van der Waals surface area (Å²) in [7, 11) is 0. The Morgan fingerprint density at radius 3 is 2.95 bits per heavy atom. The average molecular weight is 320 g/mol. The van der Waals surface area contributed by atoms with E-state index < -0.39 is 0 Å². The fourth-order valence-corrected chi connectivity index (χ4v) is 2.31. The Morgan fingerprint density at radius 1 is 1.37 bits per heavy atom. The summed E-state index contributed by atoms with van der Waals surface area (Å²) in [5.74, 6) is 0.612.